The van der Waals surface area contributed by atoms with Gasteiger partial charge in [-0.25, -0.2) is 19.1 Å². The van der Waals surface area contributed by atoms with Crippen LogP contribution >= 0.6 is 0 Å². The molecule has 1 saturated heterocycles. The van der Waals surface area contributed by atoms with E-state index in [4.69, 9.17) is 24.3 Å². The van der Waals surface area contributed by atoms with Gasteiger partial charge >= 0.3 is 6.09 Å². The maximum atomic E-state index is 14.4. The third-order valence-electron chi connectivity index (χ3n) is 10.3. The number of imidazole rings is 1. The summed E-state index contributed by atoms with van der Waals surface area (Å²) in [5, 5.41) is 24.0. The van der Waals surface area contributed by atoms with E-state index in [0.29, 0.717) is 51.2 Å². The van der Waals surface area contributed by atoms with E-state index in [2.05, 4.69) is 84.7 Å². The molecule has 0 radical (unpaired) electrons. The molecule has 1 aliphatic rings. The Balaban J connectivity index is 1.39. The topological polar surface area (TPSA) is 163 Å². The Morgan fingerprint density at radius 2 is 1.29 bits per heavy atom. The number of nitrogens with zero attached hydrogens (tertiary/aromatic N) is 7. The van der Waals surface area contributed by atoms with Crippen LogP contribution in [0.3, 0.4) is 0 Å². The molecule has 59 heavy (non-hydrogen) atoms. The number of rotatable bonds is 22. The van der Waals surface area contributed by atoms with Crippen LogP contribution in [0.15, 0.2) is 49.2 Å². The molecule has 5 rings (SSSR count). The van der Waals surface area contributed by atoms with Crippen LogP contribution in [-0.2, 0) is 34.4 Å². The van der Waals surface area contributed by atoms with Crippen LogP contribution in [0.25, 0.3) is 22.4 Å². The summed E-state index contributed by atoms with van der Waals surface area (Å²) < 4.78 is 23.3. The summed E-state index contributed by atoms with van der Waals surface area (Å²) >= 11 is 0. The van der Waals surface area contributed by atoms with Crippen molar-refractivity contribution in [2.75, 3.05) is 49.7 Å². The number of nitrogens with one attached hydrogen (secondary N) is 2. The van der Waals surface area contributed by atoms with Crippen LogP contribution in [0, 0.1) is 5.92 Å². The molecule has 324 valence electrons. The van der Waals surface area contributed by atoms with Gasteiger partial charge in [0.25, 0.3) is 5.91 Å². The molecule has 0 spiro atoms. The maximum Gasteiger partial charge on any atom is 0.404 e. The molecule has 18 heteroatoms. The zero-order valence-corrected chi connectivity index (χ0v) is 39.7. The molecular weight excluding hydrogens is 799 g/mol. The predicted molar refractivity (Wildman–Crippen MR) is 242 cm³/mol. The van der Waals surface area contributed by atoms with Crippen LogP contribution in [0.5, 0.6) is 0 Å². The highest BCUT2D eigenvalue weighted by Crippen LogP contribution is 2.35. The molecular formula is C41H67N9O6Si3. The molecule has 3 N–H and O–H groups in total. The van der Waals surface area contributed by atoms with Crippen LogP contribution in [0.4, 0.5) is 16.2 Å². The minimum Gasteiger partial charge on any atom is -0.465 e. The first-order valence-electron chi connectivity index (χ1n) is 20.9. The number of amides is 2. The average molecular weight is 866 g/mol. The fourth-order valence-electron chi connectivity index (χ4n) is 6.48. The number of hydrogen-bond donors (Lipinski definition) is 3. The van der Waals surface area contributed by atoms with Crippen molar-refractivity contribution < 1.29 is 28.9 Å². The first-order valence-corrected chi connectivity index (χ1v) is 32.0. The van der Waals surface area contributed by atoms with Gasteiger partial charge in [0, 0.05) is 93.4 Å². The normalized spacial score (nSPS) is 14.2. The van der Waals surface area contributed by atoms with E-state index in [-0.39, 0.29) is 24.4 Å². The quantitative estimate of drug-likeness (QED) is 0.0518. The van der Waals surface area contributed by atoms with Gasteiger partial charge in [0.05, 0.1) is 29.5 Å². The molecule has 15 nitrogen and oxygen atoms in total. The van der Waals surface area contributed by atoms with E-state index < -0.39 is 30.3 Å². The highest BCUT2D eigenvalue weighted by atomic mass is 28.3. The molecule has 0 bridgehead atoms. The largest absolute Gasteiger partial charge is 0.465 e. The zero-order valence-electron chi connectivity index (χ0n) is 36.7. The Bertz CT molecular complexity index is 1970. The molecule has 1 aromatic carbocycles. The monoisotopic (exact) mass is 865 g/mol. The van der Waals surface area contributed by atoms with Crippen LogP contribution in [0.1, 0.15) is 23.5 Å². The second kappa shape index (κ2) is 20.5. The molecule has 2 amide bonds. The smallest absolute Gasteiger partial charge is 0.404 e. The number of carbonyl (C=O) groups excluding carboxylic acids is 1. The van der Waals surface area contributed by atoms with Gasteiger partial charge in [0.15, 0.2) is 0 Å². The Morgan fingerprint density at radius 1 is 0.746 bits per heavy atom. The van der Waals surface area contributed by atoms with Crippen molar-refractivity contribution in [1.29, 1.82) is 0 Å². The van der Waals surface area contributed by atoms with Crippen molar-refractivity contribution in [3.8, 4) is 22.4 Å². The van der Waals surface area contributed by atoms with E-state index in [0.717, 1.165) is 66.4 Å². The predicted octanol–water partition coefficient (Wildman–Crippen LogP) is 8.28. The second-order valence-corrected chi connectivity index (χ2v) is 36.2. The molecule has 0 aliphatic carbocycles. The molecule has 0 unspecified atom stereocenters. The summed E-state index contributed by atoms with van der Waals surface area (Å²) in [7, 11) is -3.75. The first kappa shape index (κ1) is 46.0. The third-order valence-corrected chi connectivity index (χ3v) is 15.4. The lowest BCUT2D eigenvalue weighted by molar-refractivity contribution is 0.0785. The van der Waals surface area contributed by atoms with Gasteiger partial charge in [0.2, 0.25) is 5.82 Å². The summed E-state index contributed by atoms with van der Waals surface area (Å²) in [6.07, 6.45) is 9.90. The van der Waals surface area contributed by atoms with Crippen molar-refractivity contribution in [3.05, 3.63) is 55.0 Å². The van der Waals surface area contributed by atoms with E-state index in [1.807, 2.05) is 43.0 Å². The molecule has 4 aromatic rings. The Kier molecular flexibility index (Phi) is 15.9. The summed E-state index contributed by atoms with van der Waals surface area (Å²) in [6.45, 7) is 25.7. The summed E-state index contributed by atoms with van der Waals surface area (Å²) in [6, 6.07) is 9.24. The minimum atomic E-state index is -1.33. The van der Waals surface area contributed by atoms with Gasteiger partial charge in [-0.3, -0.25) is 4.79 Å². The highest BCUT2D eigenvalue weighted by molar-refractivity contribution is 6.76. The molecule has 1 fully saturated rings. The number of carbonyl (C=O) groups is 2. The van der Waals surface area contributed by atoms with Crippen LogP contribution < -0.4 is 15.5 Å². The number of ether oxygens (including phenoxy) is 3. The lowest BCUT2D eigenvalue weighted by Crippen LogP contribution is -2.38. The minimum absolute atomic E-state index is 0.179. The maximum absolute atomic E-state index is 14.4. The zero-order chi connectivity index (χ0) is 42.8. The Labute approximate surface area is 352 Å². The van der Waals surface area contributed by atoms with Crippen LogP contribution in [0.2, 0.25) is 77.1 Å². The average Bonchev–Trinajstić information content (AvgIpc) is 3.93. The number of piperidine rings is 1. The van der Waals surface area contributed by atoms with Gasteiger partial charge in [-0.05, 0) is 54.6 Å². The van der Waals surface area contributed by atoms with Crippen molar-refractivity contribution in [3.63, 3.8) is 0 Å². The van der Waals surface area contributed by atoms with Crippen molar-refractivity contribution in [1.82, 2.24) is 34.4 Å². The van der Waals surface area contributed by atoms with E-state index in [1.165, 1.54) is 0 Å². The molecule has 4 heterocycles. The van der Waals surface area contributed by atoms with Crippen molar-refractivity contribution >= 4 is 47.6 Å². The van der Waals surface area contributed by atoms with Gasteiger partial charge in [-0.2, -0.15) is 10.2 Å². The van der Waals surface area contributed by atoms with E-state index in [1.54, 1.807) is 20.1 Å². The Morgan fingerprint density at radius 3 is 1.85 bits per heavy atom. The van der Waals surface area contributed by atoms with Gasteiger partial charge in [-0.1, -0.05) is 65.0 Å². The number of aromatic nitrogens is 6. The van der Waals surface area contributed by atoms with Crippen molar-refractivity contribution in [2.24, 2.45) is 5.92 Å². The molecule has 1 aliphatic heterocycles. The van der Waals surface area contributed by atoms with E-state index >= 15 is 0 Å². The third kappa shape index (κ3) is 15.2. The highest BCUT2D eigenvalue weighted by Gasteiger charge is 2.25. The first-order chi connectivity index (χ1) is 27.8. The second-order valence-electron chi connectivity index (χ2n) is 19.3. The molecule has 0 saturated carbocycles. The summed E-state index contributed by atoms with van der Waals surface area (Å²) in [4.78, 5) is 32.7. The van der Waals surface area contributed by atoms with Gasteiger partial charge < -0.3 is 39.4 Å². The lowest BCUT2D eigenvalue weighted by atomic mass is 9.96. The molecule has 3 aromatic heterocycles. The van der Waals surface area contributed by atoms with Gasteiger partial charge in [-0.15, -0.1) is 0 Å². The SMILES string of the molecule is C[Si](C)(C)CCOCn1cc(-c2ccc(N3CCC(CNC(=O)O)CC3)c(NC(=O)c3nc(-c4cnn(COCC[Si](C)(C)C)c4)cn3COCC[Si](C)(C)C)c2)cn1. The lowest BCUT2D eigenvalue weighted by Gasteiger charge is -2.34. The van der Waals surface area contributed by atoms with Crippen molar-refractivity contribution in [2.45, 2.75) is 110 Å². The van der Waals surface area contributed by atoms with Gasteiger partial charge in [0.1, 0.15) is 20.2 Å². The van der Waals surface area contributed by atoms with Crippen LogP contribution in [-0.4, -0.2) is 110 Å². The number of hydrogen-bond acceptors (Lipinski definition) is 9. The number of benzene rings is 1. The Hall–Kier alpha value is -4.08. The van der Waals surface area contributed by atoms with E-state index in [9.17, 15) is 9.59 Å². The molecule has 0 atom stereocenters. The number of carboxylic acid groups (broad SMARTS) is 1. The summed E-state index contributed by atoms with van der Waals surface area (Å²) in [5.74, 6) is 0.106. The fraction of sp³-hybridized carbons (Fsp3) is 0.585. The summed E-state index contributed by atoms with van der Waals surface area (Å²) in [5.41, 5.74) is 4.72. The standard InChI is InChI=1S/C41H67N9O6Si3/c1-57(2,3)19-16-54-29-48-28-37(35-25-44-50(27-35)31-56-18-21-59(7,8)9)45-39(48)40(51)46-36-22-33(34-24-43-49(26-34)30-55-17-20-58(4,5)6)10-11-38(36)47-14-12-32(13-15-47)23-42-41(52)53/h10-11,22,24-28,32,42H,12-21,23,29-31H2,1-9H3,(H,46,51)(H,52,53). The number of anilines is 2. The fourth-order valence-corrected chi connectivity index (χ4v) is 8.75.